The first-order valence-electron chi connectivity index (χ1n) is 12.9. The number of amides is 2. The first-order chi connectivity index (χ1) is 18.7. The van der Waals surface area contributed by atoms with E-state index in [4.69, 9.17) is 4.74 Å². The van der Waals surface area contributed by atoms with Crippen LogP contribution in [0.2, 0.25) is 0 Å². The van der Waals surface area contributed by atoms with Gasteiger partial charge in [-0.1, -0.05) is 31.0 Å². The van der Waals surface area contributed by atoms with Crippen molar-refractivity contribution in [1.29, 1.82) is 0 Å². The van der Waals surface area contributed by atoms with E-state index in [9.17, 15) is 27.9 Å². The number of aromatic nitrogens is 3. The summed E-state index contributed by atoms with van der Waals surface area (Å²) in [5.41, 5.74) is 0.286. The van der Waals surface area contributed by atoms with E-state index in [-0.39, 0.29) is 46.7 Å². The van der Waals surface area contributed by atoms with Crippen molar-refractivity contribution in [3.63, 3.8) is 0 Å². The molecule has 4 rings (SSSR count). The van der Waals surface area contributed by atoms with Gasteiger partial charge in [0.1, 0.15) is 11.1 Å². The van der Waals surface area contributed by atoms with Crippen LogP contribution < -0.4 is 4.90 Å². The summed E-state index contributed by atoms with van der Waals surface area (Å²) in [6, 6.07) is 7.86. The van der Waals surface area contributed by atoms with E-state index in [1.807, 2.05) is 13.8 Å². The molecule has 1 saturated heterocycles. The number of carbonyl (C=O) groups excluding carboxylic acids is 2. The average molecular weight is 572 g/mol. The van der Waals surface area contributed by atoms with Gasteiger partial charge in [0, 0.05) is 25.2 Å². The molecule has 1 N–H and O–H groups in total. The number of hydrogen-bond acceptors (Lipinski definition) is 8. The molecule has 0 bridgehead atoms. The summed E-state index contributed by atoms with van der Waals surface area (Å²) in [5, 5.41) is 9.41. The second-order valence-corrected chi connectivity index (χ2v) is 12.7. The minimum absolute atomic E-state index is 0.00159. The Morgan fingerprint density at radius 3 is 2.40 bits per heavy atom. The van der Waals surface area contributed by atoms with Gasteiger partial charge in [0.2, 0.25) is 0 Å². The highest BCUT2D eigenvalue weighted by Crippen LogP contribution is 2.29. The van der Waals surface area contributed by atoms with E-state index in [0.29, 0.717) is 6.42 Å². The zero-order valence-electron chi connectivity index (χ0n) is 23.1. The topological polar surface area (TPSA) is 152 Å². The number of nitrogens with zero attached hydrogens (tertiary/aromatic N) is 5. The highest BCUT2D eigenvalue weighted by molar-refractivity contribution is 7.90. The van der Waals surface area contributed by atoms with Crippen molar-refractivity contribution < 1.29 is 32.6 Å². The average Bonchev–Trinajstić information content (AvgIpc) is 3.51. The molecule has 0 saturated carbocycles. The Bertz CT molecular complexity index is 1540. The third-order valence-electron chi connectivity index (χ3n) is 6.77. The lowest BCUT2D eigenvalue weighted by molar-refractivity contribution is -0.122. The van der Waals surface area contributed by atoms with Gasteiger partial charge in [-0.15, -0.1) is 0 Å². The number of ketones is 1. The zero-order chi connectivity index (χ0) is 29.4. The lowest BCUT2D eigenvalue weighted by Crippen LogP contribution is -2.43. The molecule has 2 atom stereocenters. The van der Waals surface area contributed by atoms with E-state index < -0.39 is 40.3 Å². The zero-order valence-corrected chi connectivity index (χ0v) is 23.9. The molecule has 0 spiro atoms. The van der Waals surface area contributed by atoms with E-state index in [1.165, 1.54) is 35.5 Å². The van der Waals surface area contributed by atoms with Gasteiger partial charge < -0.3 is 14.7 Å². The number of anilines is 1. The number of carbonyl (C=O) groups is 3. The van der Waals surface area contributed by atoms with Crippen LogP contribution in [0, 0.1) is 18.8 Å². The smallest absolute Gasteiger partial charge is 0.416 e. The summed E-state index contributed by atoms with van der Waals surface area (Å²) in [7, 11) is -3.96. The van der Waals surface area contributed by atoms with Crippen molar-refractivity contribution in [1.82, 2.24) is 18.8 Å². The highest BCUT2D eigenvalue weighted by Gasteiger charge is 2.40. The fraction of sp³-hybridized carbons (Fsp3) is 0.444. The SMILES string of the molecule is CC[C@@H]1CN(C(=O)O)C[C@@H]1C(=O)CN(C(=O)OC(C)(C)C)c1cnc2c(ccn2S(=O)(=O)c2ccc(C)cc2)n1. The lowest BCUT2D eigenvalue weighted by atomic mass is 9.90. The number of rotatable bonds is 7. The third kappa shape index (κ3) is 5.93. The lowest BCUT2D eigenvalue weighted by Gasteiger charge is -2.27. The summed E-state index contributed by atoms with van der Waals surface area (Å²) in [4.78, 5) is 49.2. The maximum atomic E-state index is 13.4. The maximum Gasteiger partial charge on any atom is 0.416 e. The first-order valence-corrected chi connectivity index (χ1v) is 14.3. The molecule has 0 unspecified atom stereocenters. The van der Waals surface area contributed by atoms with Gasteiger partial charge in [-0.2, -0.15) is 0 Å². The van der Waals surface area contributed by atoms with Gasteiger partial charge in [-0.05, 0) is 51.8 Å². The number of ether oxygens (including phenoxy) is 1. The van der Waals surface area contributed by atoms with Crippen LogP contribution in [0.1, 0.15) is 39.7 Å². The molecule has 2 amide bonds. The molecule has 1 aliphatic heterocycles. The van der Waals surface area contributed by atoms with Crippen molar-refractivity contribution in [3.8, 4) is 0 Å². The van der Waals surface area contributed by atoms with Crippen LogP contribution in [0.25, 0.3) is 11.2 Å². The molecule has 3 aromatic rings. The minimum atomic E-state index is -3.96. The largest absolute Gasteiger partial charge is 0.465 e. The predicted octanol–water partition coefficient (Wildman–Crippen LogP) is 3.92. The first kappa shape index (κ1) is 29.0. The predicted molar refractivity (Wildman–Crippen MR) is 147 cm³/mol. The van der Waals surface area contributed by atoms with Gasteiger partial charge >= 0.3 is 12.2 Å². The van der Waals surface area contributed by atoms with Crippen molar-refractivity contribution >= 4 is 45.0 Å². The molecule has 40 heavy (non-hydrogen) atoms. The van der Waals surface area contributed by atoms with E-state index in [1.54, 1.807) is 32.9 Å². The van der Waals surface area contributed by atoms with Crippen molar-refractivity contribution in [3.05, 3.63) is 48.3 Å². The normalized spacial score (nSPS) is 17.7. The number of hydrogen-bond donors (Lipinski definition) is 1. The molecule has 2 aromatic heterocycles. The minimum Gasteiger partial charge on any atom is -0.465 e. The summed E-state index contributed by atoms with van der Waals surface area (Å²) in [6.45, 7) is 8.66. The van der Waals surface area contributed by atoms with Crippen LogP contribution in [0.4, 0.5) is 15.4 Å². The molecule has 13 heteroatoms. The molecule has 0 aliphatic carbocycles. The molecule has 214 valence electrons. The molecule has 1 aliphatic rings. The molecule has 12 nitrogen and oxygen atoms in total. The van der Waals surface area contributed by atoms with Crippen molar-refractivity contribution in [2.75, 3.05) is 24.5 Å². The third-order valence-corrected chi connectivity index (χ3v) is 8.46. The number of aryl methyl sites for hydroxylation is 1. The summed E-state index contributed by atoms with van der Waals surface area (Å²) in [6.07, 6.45) is 1.22. The molecule has 1 fully saturated rings. The Hall–Kier alpha value is -4.00. The van der Waals surface area contributed by atoms with E-state index in [0.717, 1.165) is 14.4 Å². The molecule has 1 aromatic carbocycles. The van der Waals surface area contributed by atoms with Crippen LogP contribution in [0.15, 0.2) is 47.6 Å². The van der Waals surface area contributed by atoms with Crippen LogP contribution >= 0.6 is 0 Å². The van der Waals surface area contributed by atoms with Crippen LogP contribution in [0.5, 0.6) is 0 Å². The van der Waals surface area contributed by atoms with Gasteiger partial charge in [-0.3, -0.25) is 9.69 Å². The van der Waals surface area contributed by atoms with Gasteiger partial charge in [0.05, 0.1) is 17.6 Å². The van der Waals surface area contributed by atoms with Gasteiger partial charge in [-0.25, -0.2) is 31.9 Å². The maximum absolute atomic E-state index is 13.4. The van der Waals surface area contributed by atoms with Crippen molar-refractivity contribution in [2.45, 2.75) is 51.5 Å². The second-order valence-electron chi connectivity index (χ2n) is 10.9. The standard InChI is InChI=1S/C27H33N5O7S/c1-6-18-14-30(25(34)35)15-20(18)22(33)16-31(26(36)39-27(3,4)5)23-13-28-24-21(29-23)11-12-32(24)40(37,38)19-9-7-17(2)8-10-19/h7-13,18,20H,6,14-16H2,1-5H3,(H,34,35)/t18-,20+/m1/s1. The van der Waals surface area contributed by atoms with E-state index >= 15 is 0 Å². The van der Waals surface area contributed by atoms with Gasteiger partial charge in [0.25, 0.3) is 10.0 Å². The van der Waals surface area contributed by atoms with Crippen LogP contribution in [-0.2, 0) is 19.6 Å². The number of carboxylic acid groups (broad SMARTS) is 1. The Morgan fingerprint density at radius 1 is 1.12 bits per heavy atom. The molecular weight excluding hydrogens is 538 g/mol. The number of likely N-dealkylation sites (tertiary alicyclic amines) is 1. The number of Topliss-reactive ketones (excluding diaryl/α,β-unsaturated/α-hetero) is 1. The van der Waals surface area contributed by atoms with Gasteiger partial charge in [0.15, 0.2) is 17.2 Å². The molecule has 0 radical (unpaired) electrons. The fourth-order valence-corrected chi connectivity index (χ4v) is 5.96. The Morgan fingerprint density at radius 2 is 1.80 bits per heavy atom. The van der Waals surface area contributed by atoms with E-state index in [2.05, 4.69) is 9.97 Å². The monoisotopic (exact) mass is 571 g/mol. The van der Waals surface area contributed by atoms with Crippen molar-refractivity contribution in [2.24, 2.45) is 11.8 Å². The number of benzene rings is 1. The molecule has 3 heterocycles. The summed E-state index contributed by atoms with van der Waals surface area (Å²) >= 11 is 0. The van der Waals surface area contributed by atoms with Crippen LogP contribution in [0.3, 0.4) is 0 Å². The van der Waals surface area contributed by atoms with Crippen LogP contribution in [-0.4, -0.2) is 75.6 Å². The number of fused-ring (bicyclic) bond motifs is 1. The molecular formula is C27H33N5O7S. The highest BCUT2D eigenvalue weighted by atomic mass is 32.2. The summed E-state index contributed by atoms with van der Waals surface area (Å²) in [5.74, 6) is -1.10. The Balaban J connectivity index is 1.68. The second kappa shape index (κ2) is 10.9. The summed E-state index contributed by atoms with van der Waals surface area (Å²) < 4.78 is 33.0. The fourth-order valence-electron chi connectivity index (χ4n) is 4.66. The quantitative estimate of drug-likeness (QED) is 0.445. The Kier molecular flexibility index (Phi) is 7.88. The Labute approximate surface area is 232 Å².